The molecule has 2 rings (SSSR count). The molecule has 0 fully saturated rings. The van der Waals surface area contributed by atoms with Crippen LogP contribution in [0.3, 0.4) is 0 Å². The van der Waals surface area contributed by atoms with Crippen molar-refractivity contribution in [2.75, 3.05) is 11.9 Å². The first-order chi connectivity index (χ1) is 9.38. The zero-order valence-electron chi connectivity index (χ0n) is 10.1. The Morgan fingerprint density at radius 2 is 2.05 bits per heavy atom. The van der Waals surface area contributed by atoms with Gasteiger partial charge >= 0.3 is 6.18 Å². The van der Waals surface area contributed by atoms with Crippen LogP contribution in [0.15, 0.2) is 41.0 Å². The van der Waals surface area contributed by atoms with Crippen molar-refractivity contribution < 1.29 is 22.7 Å². The van der Waals surface area contributed by atoms with Crippen molar-refractivity contribution in [2.24, 2.45) is 0 Å². The fourth-order valence-electron chi connectivity index (χ4n) is 1.62. The second-order valence-corrected chi connectivity index (χ2v) is 4.51. The summed E-state index contributed by atoms with van der Waals surface area (Å²) in [7, 11) is 0. The molecule has 7 heteroatoms. The van der Waals surface area contributed by atoms with Crippen LogP contribution in [0.2, 0.25) is 5.02 Å². The Labute approximate surface area is 118 Å². The summed E-state index contributed by atoms with van der Waals surface area (Å²) in [5.41, 5.74) is -0.509. The molecule has 108 valence electrons. The van der Waals surface area contributed by atoms with E-state index in [0.29, 0.717) is 11.4 Å². The molecule has 0 bridgehead atoms. The number of alkyl halides is 3. The van der Waals surface area contributed by atoms with Crippen molar-refractivity contribution in [3.05, 3.63) is 52.9 Å². The first-order valence-corrected chi connectivity index (χ1v) is 6.08. The lowest BCUT2D eigenvalue weighted by Gasteiger charge is -2.13. The van der Waals surface area contributed by atoms with Gasteiger partial charge in [0, 0.05) is 6.54 Å². The summed E-state index contributed by atoms with van der Waals surface area (Å²) in [5, 5.41) is 12.5. The van der Waals surface area contributed by atoms with E-state index in [9.17, 15) is 18.3 Å². The van der Waals surface area contributed by atoms with Gasteiger partial charge in [-0.05, 0) is 30.3 Å². The molecule has 0 aliphatic heterocycles. The zero-order valence-corrected chi connectivity index (χ0v) is 10.9. The van der Waals surface area contributed by atoms with Gasteiger partial charge < -0.3 is 14.8 Å². The Bertz CT molecular complexity index is 569. The normalized spacial score (nSPS) is 13.2. The number of hydrogen-bond acceptors (Lipinski definition) is 3. The number of furan rings is 1. The molecular weight excluding hydrogens is 295 g/mol. The molecule has 0 amide bonds. The molecule has 1 unspecified atom stereocenters. The van der Waals surface area contributed by atoms with Gasteiger partial charge in [-0.2, -0.15) is 13.2 Å². The SMILES string of the molecule is OC(CNc1ccc(C(F)(F)F)cc1Cl)c1ccco1. The molecule has 2 N–H and O–H groups in total. The summed E-state index contributed by atoms with van der Waals surface area (Å²) in [6.45, 7) is 0.0681. The minimum atomic E-state index is -4.43. The Hall–Kier alpha value is -1.66. The second-order valence-electron chi connectivity index (χ2n) is 4.10. The number of rotatable bonds is 4. The predicted molar refractivity (Wildman–Crippen MR) is 68.6 cm³/mol. The molecule has 0 aliphatic rings. The lowest BCUT2D eigenvalue weighted by molar-refractivity contribution is -0.137. The number of aliphatic hydroxyl groups excluding tert-OH is 1. The van der Waals surface area contributed by atoms with Crippen LogP contribution in [0.5, 0.6) is 0 Å². The third-order valence-corrected chi connectivity index (χ3v) is 2.97. The van der Waals surface area contributed by atoms with Crippen molar-refractivity contribution in [3.8, 4) is 0 Å². The summed E-state index contributed by atoms with van der Waals surface area (Å²) in [5.74, 6) is 0.362. The van der Waals surface area contributed by atoms with Gasteiger partial charge in [0.1, 0.15) is 11.9 Å². The van der Waals surface area contributed by atoms with Gasteiger partial charge in [-0.25, -0.2) is 0 Å². The van der Waals surface area contributed by atoms with Crippen LogP contribution in [0.1, 0.15) is 17.4 Å². The average molecular weight is 306 g/mol. The molecule has 0 radical (unpaired) electrons. The maximum Gasteiger partial charge on any atom is 0.416 e. The van der Waals surface area contributed by atoms with Crippen molar-refractivity contribution in [1.82, 2.24) is 0 Å². The van der Waals surface area contributed by atoms with Crippen LogP contribution in [0.4, 0.5) is 18.9 Å². The van der Waals surface area contributed by atoms with Crippen LogP contribution in [-0.4, -0.2) is 11.7 Å². The minimum Gasteiger partial charge on any atom is -0.467 e. The highest BCUT2D eigenvalue weighted by Crippen LogP contribution is 2.33. The number of hydrogen-bond donors (Lipinski definition) is 2. The van der Waals surface area contributed by atoms with Crippen LogP contribution in [0.25, 0.3) is 0 Å². The summed E-state index contributed by atoms with van der Waals surface area (Å²) >= 11 is 5.78. The Morgan fingerprint density at radius 3 is 2.60 bits per heavy atom. The second kappa shape index (κ2) is 5.76. The lowest BCUT2D eigenvalue weighted by atomic mass is 10.2. The van der Waals surface area contributed by atoms with Gasteiger partial charge in [0.05, 0.1) is 22.5 Å². The first kappa shape index (κ1) is 14.7. The average Bonchev–Trinajstić information content (AvgIpc) is 2.89. The van der Waals surface area contributed by atoms with Crippen LogP contribution in [-0.2, 0) is 6.18 Å². The van der Waals surface area contributed by atoms with Crippen molar-refractivity contribution >= 4 is 17.3 Å². The summed E-state index contributed by atoms with van der Waals surface area (Å²) in [6.07, 6.45) is -3.93. The topological polar surface area (TPSA) is 45.4 Å². The van der Waals surface area contributed by atoms with Crippen LogP contribution < -0.4 is 5.32 Å². The summed E-state index contributed by atoms with van der Waals surface area (Å²) < 4.78 is 42.4. The summed E-state index contributed by atoms with van der Waals surface area (Å²) in [6, 6.07) is 6.21. The fraction of sp³-hybridized carbons (Fsp3) is 0.231. The smallest absolute Gasteiger partial charge is 0.416 e. The number of benzene rings is 1. The Kier molecular flexibility index (Phi) is 4.25. The third-order valence-electron chi connectivity index (χ3n) is 2.65. The number of anilines is 1. The molecule has 0 saturated carbocycles. The van der Waals surface area contributed by atoms with Gasteiger partial charge in [0.15, 0.2) is 0 Å². The van der Waals surface area contributed by atoms with E-state index in [1.165, 1.54) is 12.3 Å². The van der Waals surface area contributed by atoms with Crippen molar-refractivity contribution in [1.29, 1.82) is 0 Å². The van der Waals surface area contributed by atoms with Gasteiger partial charge in [-0.3, -0.25) is 0 Å². The highest BCUT2D eigenvalue weighted by molar-refractivity contribution is 6.33. The van der Waals surface area contributed by atoms with E-state index in [1.807, 2.05) is 0 Å². The first-order valence-electron chi connectivity index (χ1n) is 5.70. The van der Waals surface area contributed by atoms with E-state index in [0.717, 1.165) is 12.1 Å². The molecule has 2 aromatic rings. The monoisotopic (exact) mass is 305 g/mol. The largest absolute Gasteiger partial charge is 0.467 e. The number of halogens is 4. The maximum atomic E-state index is 12.5. The van der Waals surface area contributed by atoms with E-state index >= 15 is 0 Å². The Balaban J connectivity index is 2.04. The molecule has 1 atom stereocenters. The molecule has 0 saturated heterocycles. The minimum absolute atomic E-state index is 0.0635. The van der Waals surface area contributed by atoms with Crippen LogP contribution in [0, 0.1) is 0 Å². The predicted octanol–water partition coefficient (Wildman–Crippen LogP) is 4.10. The molecular formula is C13H11ClF3NO2. The van der Waals surface area contributed by atoms with Gasteiger partial charge in [0.25, 0.3) is 0 Å². The van der Waals surface area contributed by atoms with E-state index < -0.39 is 17.8 Å². The number of nitrogens with one attached hydrogen (secondary N) is 1. The van der Waals surface area contributed by atoms with Crippen molar-refractivity contribution in [3.63, 3.8) is 0 Å². The quantitative estimate of drug-likeness (QED) is 0.894. The molecule has 3 nitrogen and oxygen atoms in total. The number of aliphatic hydroxyl groups is 1. The highest BCUT2D eigenvalue weighted by atomic mass is 35.5. The molecule has 0 spiro atoms. The molecule has 20 heavy (non-hydrogen) atoms. The van der Waals surface area contributed by atoms with Gasteiger partial charge in [-0.1, -0.05) is 11.6 Å². The zero-order chi connectivity index (χ0) is 14.8. The fourth-order valence-corrected chi connectivity index (χ4v) is 1.87. The standard InChI is InChI=1S/C13H11ClF3NO2/c14-9-6-8(13(15,16)17)3-4-10(9)18-7-11(19)12-2-1-5-20-12/h1-6,11,18-19H,7H2. The Morgan fingerprint density at radius 1 is 1.30 bits per heavy atom. The molecule has 1 aromatic heterocycles. The van der Waals surface area contributed by atoms with E-state index in [1.54, 1.807) is 12.1 Å². The van der Waals surface area contributed by atoms with Crippen LogP contribution >= 0.6 is 11.6 Å². The summed E-state index contributed by atoms with van der Waals surface area (Å²) in [4.78, 5) is 0. The highest BCUT2D eigenvalue weighted by Gasteiger charge is 2.30. The lowest BCUT2D eigenvalue weighted by Crippen LogP contribution is -2.12. The molecule has 1 heterocycles. The maximum absolute atomic E-state index is 12.5. The molecule has 1 aromatic carbocycles. The third kappa shape index (κ3) is 3.46. The van der Waals surface area contributed by atoms with E-state index in [4.69, 9.17) is 16.0 Å². The van der Waals surface area contributed by atoms with E-state index in [-0.39, 0.29) is 11.6 Å². The molecule has 0 aliphatic carbocycles. The van der Waals surface area contributed by atoms with Gasteiger partial charge in [-0.15, -0.1) is 0 Å². The van der Waals surface area contributed by atoms with E-state index in [2.05, 4.69) is 5.32 Å². The van der Waals surface area contributed by atoms with Gasteiger partial charge in [0.2, 0.25) is 0 Å². The van der Waals surface area contributed by atoms with Crippen molar-refractivity contribution in [2.45, 2.75) is 12.3 Å².